The molecule has 0 aliphatic heterocycles. The van der Waals surface area contributed by atoms with Gasteiger partial charge in [0.2, 0.25) is 5.95 Å². The average Bonchev–Trinajstić information content (AvgIpc) is 2.78. The van der Waals surface area contributed by atoms with E-state index < -0.39 is 0 Å². The Morgan fingerprint density at radius 1 is 1.16 bits per heavy atom. The summed E-state index contributed by atoms with van der Waals surface area (Å²) in [6.07, 6.45) is 1.73. The quantitative estimate of drug-likeness (QED) is 0.773. The molecule has 2 rings (SSSR count). The third-order valence-corrected chi connectivity index (χ3v) is 2.65. The standard InChI is InChI=1S/C14H18N4O/c1-14(2,3)11-9-15-12(17-11)18-13(19)16-10-7-5-4-6-8-10/h4-9H,1-3H3,(H3,15,16,17,18,19). The largest absolute Gasteiger partial charge is 0.327 e. The van der Waals surface area contributed by atoms with Crippen LogP contribution in [0.2, 0.25) is 0 Å². The Balaban J connectivity index is 1.98. The molecule has 0 bridgehead atoms. The molecule has 1 aromatic carbocycles. The zero-order valence-corrected chi connectivity index (χ0v) is 11.3. The first kappa shape index (κ1) is 13.1. The maximum Gasteiger partial charge on any atom is 0.326 e. The number of aromatic nitrogens is 2. The van der Waals surface area contributed by atoms with Crippen LogP contribution in [0.25, 0.3) is 0 Å². The fraction of sp³-hybridized carbons (Fsp3) is 0.286. The first-order chi connectivity index (χ1) is 8.95. The number of hydrogen-bond acceptors (Lipinski definition) is 2. The summed E-state index contributed by atoms with van der Waals surface area (Å²) in [7, 11) is 0. The fourth-order valence-electron chi connectivity index (χ4n) is 1.56. The van der Waals surface area contributed by atoms with Crippen molar-refractivity contribution in [2.75, 3.05) is 10.6 Å². The highest BCUT2D eigenvalue weighted by Crippen LogP contribution is 2.20. The zero-order valence-electron chi connectivity index (χ0n) is 11.3. The van der Waals surface area contributed by atoms with E-state index >= 15 is 0 Å². The number of hydrogen-bond donors (Lipinski definition) is 3. The van der Waals surface area contributed by atoms with Gasteiger partial charge in [-0.3, -0.25) is 5.32 Å². The highest BCUT2D eigenvalue weighted by Gasteiger charge is 2.17. The van der Waals surface area contributed by atoms with Crippen LogP contribution in [0.1, 0.15) is 26.5 Å². The molecular formula is C14H18N4O. The second kappa shape index (κ2) is 5.14. The van der Waals surface area contributed by atoms with Crippen LogP contribution in [-0.4, -0.2) is 16.0 Å². The molecule has 1 aromatic heterocycles. The lowest BCUT2D eigenvalue weighted by Gasteiger charge is -2.15. The van der Waals surface area contributed by atoms with Gasteiger partial charge in [0.15, 0.2) is 0 Å². The molecule has 0 fully saturated rings. The summed E-state index contributed by atoms with van der Waals surface area (Å²) in [6.45, 7) is 6.23. The molecule has 0 unspecified atom stereocenters. The van der Waals surface area contributed by atoms with Gasteiger partial charge in [0.05, 0.1) is 6.20 Å². The Bertz CT molecular complexity index is 554. The van der Waals surface area contributed by atoms with E-state index in [1.165, 1.54) is 0 Å². The smallest absolute Gasteiger partial charge is 0.326 e. The van der Waals surface area contributed by atoms with Crippen LogP contribution in [0.3, 0.4) is 0 Å². The minimum absolute atomic E-state index is 0.0250. The molecule has 0 atom stereocenters. The molecular weight excluding hydrogens is 240 g/mol. The fourth-order valence-corrected chi connectivity index (χ4v) is 1.56. The summed E-state index contributed by atoms with van der Waals surface area (Å²) in [5, 5.41) is 5.39. The summed E-state index contributed by atoms with van der Waals surface area (Å²) in [5.74, 6) is 0.443. The number of nitrogens with one attached hydrogen (secondary N) is 3. The number of amides is 2. The number of aromatic amines is 1. The van der Waals surface area contributed by atoms with Gasteiger partial charge in [-0.25, -0.2) is 9.78 Å². The number of nitrogens with zero attached hydrogens (tertiary/aromatic N) is 1. The van der Waals surface area contributed by atoms with E-state index in [-0.39, 0.29) is 11.4 Å². The van der Waals surface area contributed by atoms with Crippen molar-refractivity contribution < 1.29 is 4.79 Å². The summed E-state index contributed by atoms with van der Waals surface area (Å²) >= 11 is 0. The van der Waals surface area contributed by atoms with E-state index in [1.807, 2.05) is 30.3 Å². The Kier molecular flexibility index (Phi) is 3.55. The van der Waals surface area contributed by atoms with Crippen molar-refractivity contribution in [3.63, 3.8) is 0 Å². The Morgan fingerprint density at radius 2 is 1.84 bits per heavy atom. The molecule has 2 aromatic rings. The van der Waals surface area contributed by atoms with Crippen molar-refractivity contribution in [1.82, 2.24) is 9.97 Å². The molecule has 5 nitrogen and oxygen atoms in total. The molecule has 1 heterocycles. The lowest BCUT2D eigenvalue weighted by molar-refractivity contribution is 0.262. The summed E-state index contributed by atoms with van der Waals surface area (Å²) in [5.41, 5.74) is 1.69. The van der Waals surface area contributed by atoms with Crippen LogP contribution < -0.4 is 10.6 Å². The van der Waals surface area contributed by atoms with Crippen molar-refractivity contribution in [1.29, 1.82) is 0 Å². The predicted octanol–water partition coefficient (Wildman–Crippen LogP) is 3.35. The lowest BCUT2D eigenvalue weighted by atomic mass is 9.93. The lowest BCUT2D eigenvalue weighted by Crippen LogP contribution is -2.20. The Labute approximate surface area is 112 Å². The molecule has 3 N–H and O–H groups in total. The van der Waals surface area contributed by atoms with Gasteiger partial charge in [0, 0.05) is 16.8 Å². The zero-order chi connectivity index (χ0) is 13.9. The van der Waals surface area contributed by atoms with Crippen molar-refractivity contribution >= 4 is 17.7 Å². The number of urea groups is 1. The minimum Gasteiger partial charge on any atom is -0.327 e. The van der Waals surface area contributed by atoms with Gasteiger partial charge in [-0.05, 0) is 12.1 Å². The third-order valence-electron chi connectivity index (χ3n) is 2.65. The number of H-pyrrole nitrogens is 1. The third kappa shape index (κ3) is 3.58. The normalized spacial score (nSPS) is 11.1. The SMILES string of the molecule is CC(C)(C)c1cnc(NC(=O)Nc2ccccc2)[nH]1. The maximum absolute atomic E-state index is 11.8. The van der Waals surface area contributed by atoms with Crippen LogP contribution >= 0.6 is 0 Å². The molecule has 0 saturated heterocycles. The number of para-hydroxylation sites is 1. The molecule has 5 heteroatoms. The molecule has 0 aliphatic carbocycles. The molecule has 0 radical (unpaired) electrons. The van der Waals surface area contributed by atoms with E-state index in [4.69, 9.17) is 0 Å². The molecule has 100 valence electrons. The van der Waals surface area contributed by atoms with Gasteiger partial charge in [-0.15, -0.1) is 0 Å². The van der Waals surface area contributed by atoms with Gasteiger partial charge in [0.1, 0.15) is 0 Å². The van der Waals surface area contributed by atoms with Gasteiger partial charge in [0.25, 0.3) is 0 Å². The van der Waals surface area contributed by atoms with E-state index in [1.54, 1.807) is 6.20 Å². The molecule has 2 amide bonds. The Hall–Kier alpha value is -2.30. The van der Waals surface area contributed by atoms with Gasteiger partial charge in [-0.1, -0.05) is 39.0 Å². The first-order valence-electron chi connectivity index (χ1n) is 6.14. The van der Waals surface area contributed by atoms with Gasteiger partial charge in [-0.2, -0.15) is 0 Å². The molecule has 0 saturated carbocycles. The number of carbonyl (C=O) groups is 1. The van der Waals surface area contributed by atoms with Crippen LogP contribution in [0, 0.1) is 0 Å². The highest BCUT2D eigenvalue weighted by molar-refractivity contribution is 5.98. The van der Waals surface area contributed by atoms with Crippen LogP contribution in [0.15, 0.2) is 36.5 Å². The number of rotatable bonds is 2. The van der Waals surface area contributed by atoms with Crippen molar-refractivity contribution in [3.8, 4) is 0 Å². The van der Waals surface area contributed by atoms with E-state index in [0.717, 1.165) is 11.4 Å². The van der Waals surface area contributed by atoms with Gasteiger partial charge < -0.3 is 10.3 Å². The van der Waals surface area contributed by atoms with Crippen molar-refractivity contribution in [2.45, 2.75) is 26.2 Å². The van der Waals surface area contributed by atoms with Crippen LogP contribution in [0.4, 0.5) is 16.4 Å². The van der Waals surface area contributed by atoms with Crippen molar-refractivity contribution in [3.05, 3.63) is 42.2 Å². The van der Waals surface area contributed by atoms with Crippen LogP contribution in [-0.2, 0) is 5.41 Å². The maximum atomic E-state index is 11.8. The molecule has 19 heavy (non-hydrogen) atoms. The second-order valence-electron chi connectivity index (χ2n) is 5.34. The summed E-state index contributed by atoms with van der Waals surface area (Å²) in [6, 6.07) is 8.94. The number of imidazole rings is 1. The molecule has 0 spiro atoms. The number of carbonyl (C=O) groups excluding carboxylic acids is 1. The van der Waals surface area contributed by atoms with E-state index in [2.05, 4.69) is 41.4 Å². The number of benzene rings is 1. The highest BCUT2D eigenvalue weighted by atomic mass is 16.2. The molecule has 0 aliphatic rings. The Morgan fingerprint density at radius 3 is 2.42 bits per heavy atom. The topological polar surface area (TPSA) is 69.8 Å². The van der Waals surface area contributed by atoms with Crippen molar-refractivity contribution in [2.24, 2.45) is 0 Å². The average molecular weight is 258 g/mol. The monoisotopic (exact) mass is 258 g/mol. The minimum atomic E-state index is -0.319. The second-order valence-corrected chi connectivity index (χ2v) is 5.34. The van der Waals surface area contributed by atoms with E-state index in [0.29, 0.717) is 5.95 Å². The predicted molar refractivity (Wildman–Crippen MR) is 76.4 cm³/mol. The first-order valence-corrected chi connectivity index (χ1v) is 6.14. The summed E-state index contributed by atoms with van der Waals surface area (Å²) < 4.78 is 0. The van der Waals surface area contributed by atoms with Gasteiger partial charge >= 0.3 is 6.03 Å². The number of anilines is 2. The van der Waals surface area contributed by atoms with Crippen LogP contribution in [0.5, 0.6) is 0 Å². The summed E-state index contributed by atoms with van der Waals surface area (Å²) in [4.78, 5) is 19.0. The van der Waals surface area contributed by atoms with E-state index in [9.17, 15) is 4.79 Å².